The molecule has 0 bridgehead atoms. The molecule has 1 aromatic heterocycles. The number of aromatic amines is 1. The summed E-state index contributed by atoms with van der Waals surface area (Å²) in [5.74, 6) is 0. The first-order valence-corrected chi connectivity index (χ1v) is 7.71. The van der Waals surface area contributed by atoms with Crippen molar-refractivity contribution in [1.29, 1.82) is 0 Å². The molecule has 100 valence electrons. The summed E-state index contributed by atoms with van der Waals surface area (Å²) in [7, 11) is -3.51. The first-order valence-electron chi connectivity index (χ1n) is 6.22. The van der Waals surface area contributed by atoms with Gasteiger partial charge in [0.1, 0.15) is 0 Å². The molecule has 0 fully saturated rings. The fourth-order valence-corrected chi connectivity index (χ4v) is 3.60. The highest BCUT2D eigenvalue weighted by molar-refractivity contribution is 7.91. The van der Waals surface area contributed by atoms with E-state index in [0.29, 0.717) is 15.5 Å². The number of sulfone groups is 1. The largest absolute Gasteiger partial charge is 0.360 e. The molecule has 0 radical (unpaired) electrons. The topological polar surface area (TPSA) is 49.9 Å². The maximum atomic E-state index is 12.7. The lowest BCUT2D eigenvalue weighted by atomic mass is 10.2. The highest BCUT2D eigenvalue weighted by Crippen LogP contribution is 2.30. The number of nitrogens with one attached hydrogen (secondary N) is 1. The molecule has 0 saturated carbocycles. The number of benzene rings is 2. The highest BCUT2D eigenvalue weighted by atomic mass is 32.2. The lowest BCUT2D eigenvalue weighted by Crippen LogP contribution is -2.02. The molecular weight excluding hydrogens is 270 g/mol. The Morgan fingerprint density at radius 2 is 1.35 bits per heavy atom. The smallest absolute Gasteiger partial charge is 0.208 e. The van der Waals surface area contributed by atoms with E-state index in [0.717, 1.165) is 5.56 Å². The van der Waals surface area contributed by atoms with Gasteiger partial charge < -0.3 is 4.98 Å². The molecule has 0 amide bonds. The minimum atomic E-state index is -3.51. The summed E-state index contributed by atoms with van der Waals surface area (Å²) >= 11 is 0. The highest BCUT2D eigenvalue weighted by Gasteiger charge is 2.22. The van der Waals surface area contributed by atoms with Gasteiger partial charge >= 0.3 is 0 Å². The molecule has 3 nitrogen and oxygen atoms in total. The molecule has 0 aliphatic carbocycles. The number of aromatic nitrogens is 1. The van der Waals surface area contributed by atoms with Crippen LogP contribution in [-0.2, 0) is 9.84 Å². The van der Waals surface area contributed by atoms with Gasteiger partial charge in [-0.15, -0.1) is 0 Å². The molecule has 3 aromatic rings. The van der Waals surface area contributed by atoms with E-state index in [1.807, 2.05) is 30.3 Å². The normalized spacial score (nSPS) is 11.4. The summed E-state index contributed by atoms with van der Waals surface area (Å²) in [6, 6.07) is 19.5. The van der Waals surface area contributed by atoms with Crippen molar-refractivity contribution >= 4 is 9.84 Å². The fraction of sp³-hybridized carbons (Fsp3) is 0. The Morgan fingerprint density at radius 1 is 0.750 bits per heavy atom. The minimum Gasteiger partial charge on any atom is -0.360 e. The molecule has 0 aliphatic rings. The molecule has 20 heavy (non-hydrogen) atoms. The van der Waals surface area contributed by atoms with Crippen LogP contribution in [0, 0.1) is 0 Å². The van der Waals surface area contributed by atoms with Gasteiger partial charge in [-0.25, -0.2) is 8.42 Å². The first kappa shape index (κ1) is 12.7. The Balaban J connectivity index is 2.16. The monoisotopic (exact) mass is 283 g/mol. The molecule has 2 aromatic carbocycles. The Bertz CT molecular complexity index is 806. The zero-order valence-corrected chi connectivity index (χ0v) is 11.5. The van der Waals surface area contributed by atoms with E-state index in [9.17, 15) is 8.42 Å². The van der Waals surface area contributed by atoms with E-state index in [-0.39, 0.29) is 0 Å². The van der Waals surface area contributed by atoms with Crippen molar-refractivity contribution in [2.75, 3.05) is 0 Å². The van der Waals surface area contributed by atoms with Crippen molar-refractivity contribution in [2.24, 2.45) is 0 Å². The van der Waals surface area contributed by atoms with Crippen LogP contribution < -0.4 is 0 Å². The standard InChI is InChI=1S/C16H13NO2S/c18-20(19,14-9-5-2-6-10-14)15-11-12-17-16(15)13-7-3-1-4-8-13/h1-12,17H. The van der Waals surface area contributed by atoms with Crippen LogP contribution in [0.25, 0.3) is 11.3 Å². The van der Waals surface area contributed by atoms with Gasteiger partial charge in [0.2, 0.25) is 9.84 Å². The van der Waals surface area contributed by atoms with Gasteiger partial charge in [-0.3, -0.25) is 0 Å². The first-order chi connectivity index (χ1) is 9.69. The molecule has 4 heteroatoms. The maximum Gasteiger partial charge on any atom is 0.208 e. The van der Waals surface area contributed by atoms with Crippen LogP contribution in [-0.4, -0.2) is 13.4 Å². The van der Waals surface area contributed by atoms with Gasteiger partial charge in [0, 0.05) is 6.20 Å². The van der Waals surface area contributed by atoms with Gasteiger partial charge in [0.05, 0.1) is 15.5 Å². The molecule has 0 saturated heterocycles. The van der Waals surface area contributed by atoms with E-state index in [4.69, 9.17) is 0 Å². The van der Waals surface area contributed by atoms with Crippen molar-refractivity contribution in [3.8, 4) is 11.3 Å². The lowest BCUT2D eigenvalue weighted by Gasteiger charge is -2.06. The third-order valence-electron chi connectivity index (χ3n) is 3.11. The predicted molar refractivity (Wildman–Crippen MR) is 78.1 cm³/mol. The average molecular weight is 283 g/mol. The lowest BCUT2D eigenvalue weighted by molar-refractivity contribution is 0.596. The van der Waals surface area contributed by atoms with Gasteiger partial charge in [0.15, 0.2) is 0 Å². The number of H-pyrrole nitrogens is 1. The predicted octanol–water partition coefficient (Wildman–Crippen LogP) is 3.51. The molecule has 1 N–H and O–H groups in total. The van der Waals surface area contributed by atoms with Crippen molar-refractivity contribution in [1.82, 2.24) is 4.98 Å². The fourth-order valence-electron chi connectivity index (χ4n) is 2.14. The van der Waals surface area contributed by atoms with Crippen LogP contribution in [0.1, 0.15) is 0 Å². The van der Waals surface area contributed by atoms with Crippen LogP contribution >= 0.6 is 0 Å². The van der Waals surface area contributed by atoms with Crippen LogP contribution in [0.3, 0.4) is 0 Å². The van der Waals surface area contributed by atoms with Crippen molar-refractivity contribution in [3.63, 3.8) is 0 Å². The summed E-state index contributed by atoms with van der Waals surface area (Å²) in [6.07, 6.45) is 1.65. The van der Waals surface area contributed by atoms with E-state index in [1.54, 1.807) is 42.6 Å². The number of hydrogen-bond donors (Lipinski definition) is 1. The van der Waals surface area contributed by atoms with Gasteiger partial charge in [-0.05, 0) is 23.8 Å². The molecule has 0 unspecified atom stereocenters. The second-order valence-corrected chi connectivity index (χ2v) is 6.32. The van der Waals surface area contributed by atoms with Gasteiger partial charge in [-0.1, -0.05) is 48.5 Å². The Labute approximate surface area is 117 Å². The third-order valence-corrected chi connectivity index (χ3v) is 4.93. The summed E-state index contributed by atoms with van der Waals surface area (Å²) in [4.78, 5) is 3.62. The van der Waals surface area contributed by atoms with Crippen LogP contribution in [0.4, 0.5) is 0 Å². The molecule has 0 spiro atoms. The number of hydrogen-bond acceptors (Lipinski definition) is 2. The molecular formula is C16H13NO2S. The maximum absolute atomic E-state index is 12.7. The summed E-state index contributed by atoms with van der Waals surface area (Å²) in [5.41, 5.74) is 1.47. The Kier molecular flexibility index (Phi) is 3.16. The van der Waals surface area contributed by atoms with Crippen LogP contribution in [0.5, 0.6) is 0 Å². The van der Waals surface area contributed by atoms with Gasteiger partial charge in [-0.2, -0.15) is 0 Å². The summed E-state index contributed by atoms with van der Waals surface area (Å²) in [6.45, 7) is 0. The van der Waals surface area contributed by atoms with E-state index in [1.165, 1.54) is 0 Å². The zero-order valence-electron chi connectivity index (χ0n) is 10.7. The van der Waals surface area contributed by atoms with Crippen LogP contribution in [0.15, 0.2) is 82.7 Å². The van der Waals surface area contributed by atoms with Gasteiger partial charge in [0.25, 0.3) is 0 Å². The molecule has 0 aliphatic heterocycles. The quantitative estimate of drug-likeness (QED) is 0.799. The number of rotatable bonds is 3. The van der Waals surface area contributed by atoms with Crippen molar-refractivity contribution in [3.05, 3.63) is 72.9 Å². The van der Waals surface area contributed by atoms with Crippen molar-refractivity contribution < 1.29 is 8.42 Å². The molecule has 1 heterocycles. The Morgan fingerprint density at radius 3 is 2.00 bits per heavy atom. The SMILES string of the molecule is O=S(=O)(c1ccccc1)c1cc[nH]c1-c1ccccc1. The zero-order chi connectivity index (χ0) is 14.0. The average Bonchev–Trinajstić information content (AvgIpc) is 2.99. The summed E-state index contributed by atoms with van der Waals surface area (Å²) < 4.78 is 25.3. The van der Waals surface area contributed by atoms with E-state index < -0.39 is 9.84 Å². The Hall–Kier alpha value is -2.33. The van der Waals surface area contributed by atoms with E-state index >= 15 is 0 Å². The third kappa shape index (κ3) is 2.14. The second-order valence-electron chi connectivity index (χ2n) is 4.40. The summed E-state index contributed by atoms with van der Waals surface area (Å²) in [5, 5.41) is 0. The van der Waals surface area contributed by atoms with Crippen molar-refractivity contribution in [2.45, 2.75) is 9.79 Å². The second kappa shape index (κ2) is 4.98. The van der Waals surface area contributed by atoms with E-state index in [2.05, 4.69) is 4.98 Å². The minimum absolute atomic E-state index is 0.301. The molecule has 0 atom stereocenters. The molecule has 3 rings (SSSR count). The van der Waals surface area contributed by atoms with Crippen LogP contribution in [0.2, 0.25) is 0 Å².